The van der Waals surface area contributed by atoms with Crippen molar-refractivity contribution in [1.29, 1.82) is 0 Å². The summed E-state index contributed by atoms with van der Waals surface area (Å²) in [5, 5.41) is 16.3. The molecular formula is C23H27N9O. The predicted octanol–water partition coefficient (Wildman–Crippen LogP) is 1.68. The van der Waals surface area contributed by atoms with Gasteiger partial charge >= 0.3 is 6.03 Å². The number of hydrogen-bond acceptors (Lipinski definition) is 5. The van der Waals surface area contributed by atoms with Gasteiger partial charge in [-0.05, 0) is 12.1 Å². The molecule has 4 aromatic rings. The first kappa shape index (κ1) is 20.0. The van der Waals surface area contributed by atoms with Crippen LogP contribution < -0.4 is 10.6 Å². The van der Waals surface area contributed by atoms with E-state index in [-0.39, 0.29) is 6.03 Å². The number of imidazole rings is 1. The van der Waals surface area contributed by atoms with E-state index in [1.807, 2.05) is 36.1 Å². The monoisotopic (exact) mass is 445 g/mol. The van der Waals surface area contributed by atoms with Crippen LogP contribution in [0.4, 0.5) is 4.79 Å². The minimum atomic E-state index is -0.0539. The van der Waals surface area contributed by atoms with E-state index in [1.54, 1.807) is 11.7 Å². The van der Waals surface area contributed by atoms with E-state index in [0.717, 1.165) is 64.6 Å². The molecule has 10 nitrogen and oxygen atoms in total. The van der Waals surface area contributed by atoms with Crippen LogP contribution in [0.25, 0.3) is 33.4 Å². The molecule has 1 fully saturated rings. The Bertz CT molecular complexity index is 1370. The summed E-state index contributed by atoms with van der Waals surface area (Å²) in [7, 11) is 5.55. The van der Waals surface area contributed by atoms with Crippen LogP contribution in [0, 0.1) is 0 Å². The highest BCUT2D eigenvalue weighted by Gasteiger charge is 2.32. The minimum Gasteiger partial charge on any atom is -0.341 e. The molecule has 0 bridgehead atoms. The van der Waals surface area contributed by atoms with Gasteiger partial charge in [0.25, 0.3) is 0 Å². The number of carbonyl (C=O) groups excluding carboxylic acids is 1. The van der Waals surface area contributed by atoms with E-state index < -0.39 is 0 Å². The van der Waals surface area contributed by atoms with Gasteiger partial charge in [-0.25, -0.2) is 9.78 Å². The second-order valence-electron chi connectivity index (χ2n) is 8.86. The van der Waals surface area contributed by atoms with Crippen molar-refractivity contribution in [2.45, 2.75) is 19.0 Å². The molecular weight excluding hydrogens is 418 g/mol. The highest BCUT2D eigenvalue weighted by atomic mass is 16.2. The zero-order valence-corrected chi connectivity index (χ0v) is 19.0. The fourth-order valence-electron chi connectivity index (χ4n) is 4.91. The molecule has 2 aliphatic rings. The average Bonchev–Trinajstić information content (AvgIpc) is 3.47. The van der Waals surface area contributed by atoms with Gasteiger partial charge in [-0.1, -0.05) is 6.07 Å². The van der Waals surface area contributed by atoms with Gasteiger partial charge in [0.1, 0.15) is 11.5 Å². The summed E-state index contributed by atoms with van der Waals surface area (Å²) < 4.78 is 6.02. The summed E-state index contributed by atoms with van der Waals surface area (Å²) in [6, 6.07) is 6.34. The van der Waals surface area contributed by atoms with E-state index in [0.29, 0.717) is 19.0 Å². The number of nitrogens with zero attached hydrogens (tertiary/aromatic N) is 7. The summed E-state index contributed by atoms with van der Waals surface area (Å²) in [4.78, 5) is 19.4. The minimum absolute atomic E-state index is 0.0539. The lowest BCUT2D eigenvalue weighted by Gasteiger charge is -2.32. The molecule has 0 unspecified atom stereocenters. The number of carbonyl (C=O) groups is 1. The SMILES string of the molecule is CNC(=O)N1CCn2c(C3CNC3)nc(-c3ccc4c(c3)c(-c3cnn(C)c3)nn4C)c2C1. The molecule has 0 aliphatic carbocycles. The lowest BCUT2D eigenvalue weighted by atomic mass is 10.0. The largest absolute Gasteiger partial charge is 0.341 e. The zero-order valence-electron chi connectivity index (χ0n) is 19.0. The molecule has 2 amide bonds. The fraction of sp³-hybridized carbons (Fsp3) is 0.391. The van der Waals surface area contributed by atoms with Crippen LogP contribution in [0.2, 0.25) is 0 Å². The lowest BCUT2D eigenvalue weighted by Crippen LogP contribution is -2.45. The van der Waals surface area contributed by atoms with Crippen molar-refractivity contribution in [3.8, 4) is 22.5 Å². The smallest absolute Gasteiger partial charge is 0.317 e. The maximum Gasteiger partial charge on any atom is 0.317 e. The van der Waals surface area contributed by atoms with Crippen molar-refractivity contribution in [2.75, 3.05) is 26.7 Å². The number of amides is 2. The van der Waals surface area contributed by atoms with Crippen LogP contribution in [0.1, 0.15) is 17.4 Å². The van der Waals surface area contributed by atoms with Gasteiger partial charge in [-0.3, -0.25) is 9.36 Å². The molecule has 0 spiro atoms. The molecule has 0 atom stereocenters. The van der Waals surface area contributed by atoms with Crippen LogP contribution in [-0.4, -0.2) is 66.7 Å². The van der Waals surface area contributed by atoms with Gasteiger partial charge in [0, 0.05) is 75.9 Å². The van der Waals surface area contributed by atoms with E-state index in [4.69, 9.17) is 10.1 Å². The summed E-state index contributed by atoms with van der Waals surface area (Å²) in [5.74, 6) is 1.53. The van der Waals surface area contributed by atoms with Crippen LogP contribution in [-0.2, 0) is 27.2 Å². The Morgan fingerprint density at radius 1 is 1.15 bits per heavy atom. The second kappa shape index (κ2) is 7.45. The molecule has 1 aromatic carbocycles. The number of rotatable bonds is 3. The van der Waals surface area contributed by atoms with Crippen molar-refractivity contribution in [2.24, 2.45) is 14.1 Å². The highest BCUT2D eigenvalue weighted by molar-refractivity contribution is 5.95. The third kappa shape index (κ3) is 3.12. The lowest BCUT2D eigenvalue weighted by molar-refractivity contribution is 0.184. The van der Waals surface area contributed by atoms with Gasteiger partial charge < -0.3 is 20.1 Å². The van der Waals surface area contributed by atoms with Gasteiger partial charge in [0.15, 0.2) is 0 Å². The molecule has 170 valence electrons. The first-order chi connectivity index (χ1) is 16.0. The number of aryl methyl sites for hydroxylation is 2. The van der Waals surface area contributed by atoms with E-state index in [1.165, 1.54) is 0 Å². The normalized spacial score (nSPS) is 16.2. The third-order valence-electron chi connectivity index (χ3n) is 6.79. The average molecular weight is 446 g/mol. The van der Waals surface area contributed by atoms with Gasteiger partial charge in [0.05, 0.1) is 29.6 Å². The van der Waals surface area contributed by atoms with Crippen molar-refractivity contribution in [3.05, 3.63) is 42.1 Å². The van der Waals surface area contributed by atoms with Gasteiger partial charge in [-0.15, -0.1) is 0 Å². The fourth-order valence-corrected chi connectivity index (χ4v) is 4.91. The summed E-state index contributed by atoms with van der Waals surface area (Å²) >= 11 is 0. The highest BCUT2D eigenvalue weighted by Crippen LogP contribution is 2.35. The molecule has 10 heteroatoms. The number of hydrogen-bond donors (Lipinski definition) is 2. The standard InChI is InChI=1S/C23H27N9O/c1-24-23(33)31-6-7-32-19(13-31)21(27-22(32)15-9-25-10-15)14-4-5-18-17(8-14)20(28-30(18)3)16-11-26-29(2)12-16/h4-5,8,11-12,15,25H,6-7,9-10,13H2,1-3H3,(H,24,33). The maximum atomic E-state index is 12.4. The first-order valence-corrected chi connectivity index (χ1v) is 11.3. The summed E-state index contributed by atoms with van der Waals surface area (Å²) in [6.45, 7) is 3.88. The number of aromatic nitrogens is 6. The zero-order chi connectivity index (χ0) is 22.7. The molecule has 6 rings (SSSR count). The van der Waals surface area contributed by atoms with Crippen LogP contribution >= 0.6 is 0 Å². The van der Waals surface area contributed by atoms with Gasteiger partial charge in [0.2, 0.25) is 0 Å². The molecule has 2 N–H and O–H groups in total. The molecule has 33 heavy (non-hydrogen) atoms. The Hall–Kier alpha value is -3.66. The van der Waals surface area contributed by atoms with Crippen molar-refractivity contribution >= 4 is 16.9 Å². The van der Waals surface area contributed by atoms with Crippen molar-refractivity contribution in [3.63, 3.8) is 0 Å². The maximum absolute atomic E-state index is 12.4. The van der Waals surface area contributed by atoms with E-state index in [9.17, 15) is 4.79 Å². The molecule has 0 saturated carbocycles. The Labute approximate surface area is 191 Å². The van der Waals surface area contributed by atoms with Crippen LogP contribution in [0.3, 0.4) is 0 Å². The van der Waals surface area contributed by atoms with Crippen molar-refractivity contribution < 1.29 is 4.79 Å². The molecule has 1 saturated heterocycles. The van der Waals surface area contributed by atoms with E-state index >= 15 is 0 Å². The number of urea groups is 1. The van der Waals surface area contributed by atoms with E-state index in [2.05, 4.69) is 38.5 Å². The Morgan fingerprint density at radius 2 is 2.00 bits per heavy atom. The van der Waals surface area contributed by atoms with Crippen LogP contribution in [0.5, 0.6) is 0 Å². The van der Waals surface area contributed by atoms with Crippen molar-refractivity contribution in [1.82, 2.24) is 44.6 Å². The molecule has 2 aliphatic heterocycles. The molecule has 3 aromatic heterocycles. The Kier molecular flexibility index (Phi) is 4.51. The first-order valence-electron chi connectivity index (χ1n) is 11.3. The van der Waals surface area contributed by atoms with Crippen LogP contribution in [0.15, 0.2) is 30.6 Å². The Balaban J connectivity index is 1.50. The predicted molar refractivity (Wildman–Crippen MR) is 125 cm³/mol. The quantitative estimate of drug-likeness (QED) is 0.500. The summed E-state index contributed by atoms with van der Waals surface area (Å²) in [6.07, 6.45) is 3.83. The van der Waals surface area contributed by atoms with Gasteiger partial charge in [-0.2, -0.15) is 10.2 Å². The number of benzene rings is 1. The molecule has 0 radical (unpaired) electrons. The third-order valence-corrected chi connectivity index (χ3v) is 6.79. The number of nitrogens with one attached hydrogen (secondary N) is 2. The second-order valence-corrected chi connectivity index (χ2v) is 8.86. The topological polar surface area (TPSA) is 97.8 Å². The number of fused-ring (bicyclic) bond motifs is 2. The molecule has 5 heterocycles. The summed E-state index contributed by atoms with van der Waals surface area (Å²) in [5.41, 5.74) is 6.04. The Morgan fingerprint density at radius 3 is 2.70 bits per heavy atom.